The number of benzene rings is 1. The largest absolute Gasteiger partial charge is 0.505 e. The number of piperidine rings is 1. The highest BCUT2D eigenvalue weighted by molar-refractivity contribution is 6.45. The van der Waals surface area contributed by atoms with Crippen LogP contribution >= 0.6 is 34.8 Å². The Morgan fingerprint density at radius 3 is 2.48 bits per heavy atom. The van der Waals surface area contributed by atoms with Gasteiger partial charge in [-0.05, 0) is 25.8 Å². The van der Waals surface area contributed by atoms with Crippen LogP contribution < -0.4 is 5.32 Å². The number of carbonyl (C=O) groups excluding carboxylic acids is 2. The minimum absolute atomic E-state index is 0.0510. The van der Waals surface area contributed by atoms with Gasteiger partial charge in [-0.3, -0.25) is 9.59 Å². The third-order valence-corrected chi connectivity index (χ3v) is 5.47. The Morgan fingerprint density at radius 1 is 1.22 bits per heavy atom. The number of anilines is 1. The van der Waals surface area contributed by atoms with Crippen LogP contribution in [0.3, 0.4) is 0 Å². The van der Waals surface area contributed by atoms with Gasteiger partial charge in [-0.15, -0.1) is 0 Å². The topological polar surface area (TPSA) is 95.7 Å². The number of phenols is 1. The number of aromatic nitrogens is 1. The number of hydrogen-bond acceptors (Lipinski definition) is 5. The highest BCUT2D eigenvalue weighted by Crippen LogP contribution is 2.39. The quantitative estimate of drug-likeness (QED) is 0.711. The maximum absolute atomic E-state index is 12.8. The van der Waals surface area contributed by atoms with E-state index in [4.69, 9.17) is 39.3 Å². The summed E-state index contributed by atoms with van der Waals surface area (Å²) in [6.45, 7) is 2.39. The molecule has 2 amide bonds. The summed E-state index contributed by atoms with van der Waals surface area (Å²) in [6.07, 6.45) is 0.919. The van der Waals surface area contributed by atoms with E-state index in [2.05, 4.69) is 10.5 Å². The predicted molar refractivity (Wildman–Crippen MR) is 102 cm³/mol. The number of carbonyl (C=O) groups is 2. The van der Waals surface area contributed by atoms with Crippen LogP contribution in [0.1, 0.15) is 29.0 Å². The number of likely N-dealkylation sites (tertiary alicyclic amines) is 1. The normalized spacial score (nSPS) is 15.0. The predicted octanol–water partition coefficient (Wildman–Crippen LogP) is 4.14. The lowest BCUT2D eigenvalue weighted by molar-refractivity contribution is -0.121. The lowest BCUT2D eigenvalue weighted by atomic mass is 9.95. The molecule has 0 spiro atoms. The van der Waals surface area contributed by atoms with Crippen molar-refractivity contribution in [1.29, 1.82) is 0 Å². The van der Waals surface area contributed by atoms with Crippen molar-refractivity contribution in [3.05, 3.63) is 38.5 Å². The Balaban J connectivity index is 1.65. The molecule has 10 heteroatoms. The molecule has 0 saturated carbocycles. The molecule has 2 heterocycles. The van der Waals surface area contributed by atoms with Crippen LogP contribution in [0, 0.1) is 12.8 Å². The van der Waals surface area contributed by atoms with Crippen LogP contribution in [-0.2, 0) is 4.79 Å². The summed E-state index contributed by atoms with van der Waals surface area (Å²) < 4.78 is 4.92. The van der Waals surface area contributed by atoms with Gasteiger partial charge in [0.25, 0.3) is 5.91 Å². The Bertz CT molecular complexity index is 866. The van der Waals surface area contributed by atoms with E-state index in [1.165, 1.54) is 11.0 Å². The molecule has 0 unspecified atom stereocenters. The van der Waals surface area contributed by atoms with Crippen LogP contribution in [0.15, 0.2) is 16.7 Å². The van der Waals surface area contributed by atoms with E-state index in [9.17, 15) is 14.7 Å². The van der Waals surface area contributed by atoms with Gasteiger partial charge in [0.05, 0.1) is 15.1 Å². The summed E-state index contributed by atoms with van der Waals surface area (Å²) in [5.41, 5.74) is -0.129. The number of amides is 2. The molecule has 27 heavy (non-hydrogen) atoms. The molecule has 144 valence electrons. The van der Waals surface area contributed by atoms with E-state index >= 15 is 0 Å². The summed E-state index contributed by atoms with van der Waals surface area (Å²) in [4.78, 5) is 26.6. The highest BCUT2D eigenvalue weighted by Gasteiger charge is 2.31. The first-order valence-electron chi connectivity index (χ1n) is 8.18. The molecule has 3 rings (SSSR count). The average molecular weight is 433 g/mol. The SMILES string of the molecule is Cc1cc(NC(=O)C2CCN(C(=O)c3c(O)c(Cl)cc(Cl)c3Cl)CC2)no1. The molecule has 7 nitrogen and oxygen atoms in total. The highest BCUT2D eigenvalue weighted by atomic mass is 35.5. The second-order valence-corrected chi connectivity index (χ2v) is 7.45. The van der Waals surface area contributed by atoms with Crippen molar-refractivity contribution in [3.63, 3.8) is 0 Å². The van der Waals surface area contributed by atoms with E-state index in [1.54, 1.807) is 13.0 Å². The number of hydrogen-bond donors (Lipinski definition) is 2. The van der Waals surface area contributed by atoms with Gasteiger partial charge >= 0.3 is 0 Å². The minimum atomic E-state index is -0.479. The first kappa shape index (κ1) is 19.8. The third kappa shape index (κ3) is 4.15. The second kappa shape index (κ2) is 7.96. The molecule has 1 aromatic carbocycles. The fraction of sp³-hybridized carbons (Fsp3) is 0.353. The van der Waals surface area contributed by atoms with Crippen LogP contribution in [-0.4, -0.2) is 40.1 Å². The van der Waals surface area contributed by atoms with Crippen molar-refractivity contribution in [2.75, 3.05) is 18.4 Å². The summed E-state index contributed by atoms with van der Waals surface area (Å²) >= 11 is 17.9. The van der Waals surface area contributed by atoms with Gasteiger partial charge in [0.2, 0.25) is 5.91 Å². The summed E-state index contributed by atoms with van der Waals surface area (Å²) in [6, 6.07) is 2.91. The minimum Gasteiger partial charge on any atom is -0.505 e. The first-order valence-corrected chi connectivity index (χ1v) is 9.31. The standard InChI is InChI=1S/C17H16Cl3N3O4/c1-8-6-12(22-27-8)21-16(25)9-2-4-23(5-3-9)17(26)13-14(20)10(18)7-11(19)15(13)24/h6-7,9,24H,2-5H2,1H3,(H,21,22,25). The van der Waals surface area contributed by atoms with E-state index in [0.717, 1.165) is 0 Å². The Morgan fingerprint density at radius 2 is 1.89 bits per heavy atom. The number of nitrogens with one attached hydrogen (secondary N) is 1. The van der Waals surface area contributed by atoms with Gasteiger partial charge < -0.3 is 19.8 Å². The molecule has 1 aliphatic rings. The number of halogens is 3. The molecule has 2 N–H and O–H groups in total. The molecule has 1 fully saturated rings. The van der Waals surface area contributed by atoms with Crippen molar-refractivity contribution in [2.45, 2.75) is 19.8 Å². The molecule has 1 saturated heterocycles. The average Bonchev–Trinajstić information content (AvgIpc) is 3.05. The fourth-order valence-electron chi connectivity index (χ4n) is 2.94. The van der Waals surface area contributed by atoms with E-state index < -0.39 is 11.7 Å². The zero-order valence-electron chi connectivity index (χ0n) is 14.3. The van der Waals surface area contributed by atoms with Gasteiger partial charge in [0, 0.05) is 25.1 Å². The van der Waals surface area contributed by atoms with Crippen molar-refractivity contribution >= 4 is 52.4 Å². The third-order valence-electron chi connectivity index (χ3n) is 4.39. The molecule has 1 aromatic heterocycles. The van der Waals surface area contributed by atoms with Crippen LogP contribution in [0.25, 0.3) is 0 Å². The van der Waals surface area contributed by atoms with Crippen LogP contribution in [0.2, 0.25) is 15.1 Å². The van der Waals surface area contributed by atoms with Gasteiger partial charge in [-0.2, -0.15) is 0 Å². The lowest BCUT2D eigenvalue weighted by Crippen LogP contribution is -2.41. The molecule has 0 radical (unpaired) electrons. The van der Waals surface area contributed by atoms with Gasteiger partial charge in [0.1, 0.15) is 17.1 Å². The second-order valence-electron chi connectivity index (χ2n) is 6.26. The van der Waals surface area contributed by atoms with Gasteiger partial charge in [0.15, 0.2) is 5.82 Å². The van der Waals surface area contributed by atoms with Crippen LogP contribution in [0.4, 0.5) is 5.82 Å². The molecule has 0 aliphatic carbocycles. The smallest absolute Gasteiger partial charge is 0.259 e. The van der Waals surface area contributed by atoms with E-state index in [0.29, 0.717) is 37.5 Å². The monoisotopic (exact) mass is 431 g/mol. The van der Waals surface area contributed by atoms with Crippen LogP contribution in [0.5, 0.6) is 5.75 Å². The molecule has 2 aromatic rings. The van der Waals surface area contributed by atoms with Crippen molar-refractivity contribution in [3.8, 4) is 5.75 Å². The van der Waals surface area contributed by atoms with Gasteiger partial charge in [-0.1, -0.05) is 40.0 Å². The molecular weight excluding hydrogens is 417 g/mol. The number of phenolic OH excluding ortho intramolecular Hbond substituents is 1. The maximum Gasteiger partial charge on any atom is 0.259 e. The molecule has 1 aliphatic heterocycles. The molecular formula is C17H16Cl3N3O4. The van der Waals surface area contributed by atoms with Crippen molar-refractivity contribution in [1.82, 2.24) is 10.1 Å². The zero-order chi connectivity index (χ0) is 19.7. The van der Waals surface area contributed by atoms with Crippen molar-refractivity contribution in [2.24, 2.45) is 5.92 Å². The maximum atomic E-state index is 12.8. The Kier molecular flexibility index (Phi) is 5.83. The molecule has 0 atom stereocenters. The van der Waals surface area contributed by atoms with Gasteiger partial charge in [-0.25, -0.2) is 0 Å². The van der Waals surface area contributed by atoms with E-state index in [1.807, 2.05) is 0 Å². The number of aromatic hydroxyl groups is 1. The molecule has 0 bridgehead atoms. The number of rotatable bonds is 3. The Labute approximate surface area is 170 Å². The summed E-state index contributed by atoms with van der Waals surface area (Å²) in [7, 11) is 0. The zero-order valence-corrected chi connectivity index (χ0v) is 16.5. The number of aryl methyl sites for hydroxylation is 1. The number of nitrogens with zero attached hydrogens (tertiary/aromatic N) is 2. The Hall–Kier alpha value is -1.96. The summed E-state index contributed by atoms with van der Waals surface area (Å²) in [5.74, 6) is -0.366. The first-order chi connectivity index (χ1) is 12.8. The fourth-order valence-corrected chi connectivity index (χ4v) is 3.63. The van der Waals surface area contributed by atoms with Crippen molar-refractivity contribution < 1.29 is 19.2 Å². The summed E-state index contributed by atoms with van der Waals surface area (Å²) in [5, 5.41) is 16.5. The van der Waals surface area contributed by atoms with E-state index in [-0.39, 0.29) is 32.5 Å². The lowest BCUT2D eigenvalue weighted by Gasteiger charge is -2.31.